The fraction of sp³-hybridized carbons (Fsp3) is 0.200. The van der Waals surface area contributed by atoms with Crippen molar-refractivity contribution in [2.75, 3.05) is 41.8 Å². The van der Waals surface area contributed by atoms with Gasteiger partial charge in [-0.3, -0.25) is 0 Å². The van der Waals surface area contributed by atoms with Crippen LogP contribution in [-0.4, -0.2) is 36.3 Å². The molecule has 0 saturated carbocycles. The van der Waals surface area contributed by atoms with Crippen LogP contribution in [-0.2, 0) is 4.74 Å². The van der Waals surface area contributed by atoms with Gasteiger partial charge in [-0.1, -0.05) is 0 Å². The molecule has 9 heteroatoms. The van der Waals surface area contributed by atoms with Gasteiger partial charge in [0.05, 0.1) is 25.1 Å². The molecule has 4 rings (SSSR count). The Morgan fingerprint density at radius 2 is 1.59 bits per heavy atom. The van der Waals surface area contributed by atoms with Crippen molar-refractivity contribution in [1.82, 2.24) is 9.97 Å². The quantitative estimate of drug-likeness (QED) is 0.668. The Bertz CT molecular complexity index is 994. The summed E-state index contributed by atoms with van der Waals surface area (Å²) >= 11 is 0. The number of aromatic nitrogens is 2. The fourth-order valence-corrected chi connectivity index (χ4v) is 2.96. The molecule has 2 heterocycles. The third-order valence-corrected chi connectivity index (χ3v) is 4.41. The lowest BCUT2D eigenvalue weighted by atomic mass is 10.2. The van der Waals surface area contributed by atoms with E-state index in [1.165, 1.54) is 30.3 Å². The van der Waals surface area contributed by atoms with Gasteiger partial charge in [0.15, 0.2) is 11.6 Å². The van der Waals surface area contributed by atoms with Gasteiger partial charge < -0.3 is 20.3 Å². The van der Waals surface area contributed by atoms with Gasteiger partial charge in [-0.15, -0.1) is 0 Å². The number of anilines is 5. The molecule has 1 aromatic heterocycles. The van der Waals surface area contributed by atoms with Crippen molar-refractivity contribution < 1.29 is 17.9 Å². The second-order valence-electron chi connectivity index (χ2n) is 6.41. The molecule has 0 atom stereocenters. The summed E-state index contributed by atoms with van der Waals surface area (Å²) in [6.45, 7) is 2.38. The maximum Gasteiger partial charge on any atom is 0.229 e. The minimum absolute atomic E-state index is 0.0838. The van der Waals surface area contributed by atoms with Crippen molar-refractivity contribution in [1.29, 1.82) is 0 Å². The largest absolute Gasteiger partial charge is 0.378 e. The highest BCUT2D eigenvalue weighted by molar-refractivity contribution is 5.62. The number of nitrogens with zero attached hydrogens (tertiary/aromatic N) is 3. The van der Waals surface area contributed by atoms with E-state index in [2.05, 4.69) is 20.6 Å². The molecule has 1 saturated heterocycles. The number of benzene rings is 2. The van der Waals surface area contributed by atoms with Crippen molar-refractivity contribution in [3.05, 3.63) is 66.1 Å². The molecular formula is C20H18F3N5O. The first kappa shape index (κ1) is 19.0. The summed E-state index contributed by atoms with van der Waals surface area (Å²) in [6, 6.07) is 10.1. The van der Waals surface area contributed by atoms with Crippen molar-refractivity contribution in [2.24, 2.45) is 0 Å². The molecule has 0 spiro atoms. The first-order valence-corrected chi connectivity index (χ1v) is 9.03. The predicted molar refractivity (Wildman–Crippen MR) is 104 cm³/mol. The Balaban J connectivity index is 1.50. The zero-order valence-electron chi connectivity index (χ0n) is 15.3. The summed E-state index contributed by atoms with van der Waals surface area (Å²) in [4.78, 5) is 9.88. The average molecular weight is 401 g/mol. The minimum Gasteiger partial charge on any atom is -0.378 e. The van der Waals surface area contributed by atoms with E-state index < -0.39 is 11.6 Å². The highest BCUT2D eigenvalue weighted by atomic mass is 19.1. The van der Waals surface area contributed by atoms with Crippen molar-refractivity contribution in [3.63, 3.8) is 0 Å². The fourth-order valence-electron chi connectivity index (χ4n) is 2.96. The van der Waals surface area contributed by atoms with Crippen molar-refractivity contribution in [2.45, 2.75) is 0 Å². The van der Waals surface area contributed by atoms with Gasteiger partial charge in [-0.05, 0) is 42.5 Å². The van der Waals surface area contributed by atoms with E-state index in [4.69, 9.17) is 4.74 Å². The van der Waals surface area contributed by atoms with Crippen LogP contribution in [0.3, 0.4) is 0 Å². The van der Waals surface area contributed by atoms with Crippen LogP contribution in [0.5, 0.6) is 0 Å². The lowest BCUT2D eigenvalue weighted by molar-refractivity contribution is 0.122. The maximum atomic E-state index is 14.5. The molecule has 150 valence electrons. The number of rotatable bonds is 5. The van der Waals surface area contributed by atoms with Crippen molar-refractivity contribution >= 4 is 28.8 Å². The van der Waals surface area contributed by atoms with Crippen LogP contribution in [0, 0.1) is 17.5 Å². The van der Waals surface area contributed by atoms with Crippen LogP contribution in [0.2, 0.25) is 0 Å². The molecular weight excluding hydrogens is 383 g/mol. The van der Waals surface area contributed by atoms with Crippen LogP contribution >= 0.6 is 0 Å². The molecule has 6 nitrogen and oxygen atoms in total. The molecule has 0 unspecified atom stereocenters. The van der Waals surface area contributed by atoms with Crippen LogP contribution in [0.15, 0.2) is 48.7 Å². The molecule has 2 N–H and O–H groups in total. The third-order valence-electron chi connectivity index (χ3n) is 4.41. The van der Waals surface area contributed by atoms with Gasteiger partial charge >= 0.3 is 0 Å². The van der Waals surface area contributed by atoms with Crippen LogP contribution in [0.4, 0.5) is 42.0 Å². The molecule has 3 aromatic rings. The SMILES string of the molecule is Fc1ccc(Nc2nc(Nc3ccc(N4CCOCC4)c(F)c3)ncc2F)cc1. The molecule has 0 amide bonds. The van der Waals surface area contributed by atoms with Gasteiger partial charge in [0.25, 0.3) is 0 Å². The van der Waals surface area contributed by atoms with Gasteiger partial charge in [-0.25, -0.2) is 18.2 Å². The molecule has 0 radical (unpaired) electrons. The second kappa shape index (κ2) is 8.36. The van der Waals surface area contributed by atoms with E-state index in [1.807, 2.05) is 4.90 Å². The lowest BCUT2D eigenvalue weighted by Gasteiger charge is -2.29. The van der Waals surface area contributed by atoms with E-state index in [1.54, 1.807) is 12.1 Å². The number of ether oxygens (including phenoxy) is 1. The average Bonchev–Trinajstić information content (AvgIpc) is 2.73. The molecule has 2 aromatic carbocycles. The molecule has 29 heavy (non-hydrogen) atoms. The second-order valence-corrected chi connectivity index (χ2v) is 6.41. The van der Waals surface area contributed by atoms with E-state index in [-0.39, 0.29) is 17.6 Å². The first-order chi connectivity index (χ1) is 14.1. The van der Waals surface area contributed by atoms with Crippen molar-refractivity contribution in [3.8, 4) is 0 Å². The smallest absolute Gasteiger partial charge is 0.229 e. The molecule has 1 fully saturated rings. The third kappa shape index (κ3) is 4.57. The van der Waals surface area contributed by atoms with Crippen LogP contribution in [0.25, 0.3) is 0 Å². The summed E-state index contributed by atoms with van der Waals surface area (Å²) in [5.41, 5.74) is 1.40. The van der Waals surface area contributed by atoms with Gasteiger partial charge in [0.2, 0.25) is 5.95 Å². The predicted octanol–water partition coefficient (Wildman–Crippen LogP) is 4.22. The number of halogens is 3. The Hall–Kier alpha value is -3.33. The maximum absolute atomic E-state index is 14.5. The Morgan fingerprint density at radius 1 is 0.862 bits per heavy atom. The topological polar surface area (TPSA) is 62.3 Å². The summed E-state index contributed by atoms with van der Waals surface area (Å²) < 4.78 is 46.9. The molecule has 1 aliphatic rings. The number of morpholine rings is 1. The van der Waals surface area contributed by atoms with Gasteiger partial charge in [-0.2, -0.15) is 4.98 Å². The molecule has 1 aliphatic heterocycles. The standard InChI is InChI=1S/C20H18F3N5O/c21-13-1-3-14(4-2-13)25-19-17(23)12-24-20(27-19)26-15-5-6-18(16(22)11-15)28-7-9-29-10-8-28/h1-6,11-12H,7-10H2,(H2,24,25,26,27). The monoisotopic (exact) mass is 401 g/mol. The summed E-state index contributed by atoms with van der Waals surface area (Å²) in [5.74, 6) is -1.45. The normalized spacial score (nSPS) is 14.0. The highest BCUT2D eigenvalue weighted by Crippen LogP contribution is 2.26. The number of hydrogen-bond donors (Lipinski definition) is 2. The lowest BCUT2D eigenvalue weighted by Crippen LogP contribution is -2.36. The van der Waals surface area contributed by atoms with E-state index in [0.29, 0.717) is 43.4 Å². The van der Waals surface area contributed by atoms with E-state index in [9.17, 15) is 13.2 Å². The molecule has 0 aliphatic carbocycles. The summed E-state index contributed by atoms with van der Waals surface area (Å²) in [5, 5.41) is 5.63. The van der Waals surface area contributed by atoms with Crippen LogP contribution in [0.1, 0.15) is 0 Å². The Labute approximate surface area is 165 Å². The van der Waals surface area contributed by atoms with Crippen LogP contribution < -0.4 is 15.5 Å². The minimum atomic E-state index is -0.672. The Morgan fingerprint density at radius 3 is 2.31 bits per heavy atom. The zero-order valence-corrected chi connectivity index (χ0v) is 15.3. The number of nitrogens with one attached hydrogen (secondary N) is 2. The zero-order chi connectivity index (χ0) is 20.2. The first-order valence-electron chi connectivity index (χ1n) is 9.03. The van der Waals surface area contributed by atoms with Gasteiger partial charge in [0.1, 0.15) is 11.6 Å². The summed E-state index contributed by atoms with van der Waals surface area (Å²) in [7, 11) is 0. The van der Waals surface area contributed by atoms with E-state index >= 15 is 0 Å². The Kier molecular flexibility index (Phi) is 5.48. The number of hydrogen-bond acceptors (Lipinski definition) is 6. The van der Waals surface area contributed by atoms with Gasteiger partial charge in [0, 0.05) is 24.5 Å². The molecule has 0 bridgehead atoms. The summed E-state index contributed by atoms with van der Waals surface area (Å²) in [6.07, 6.45) is 1.000. The highest BCUT2D eigenvalue weighted by Gasteiger charge is 2.16. The van der Waals surface area contributed by atoms with E-state index in [0.717, 1.165) is 6.20 Å².